The van der Waals surface area contributed by atoms with Crippen LogP contribution in [0.1, 0.15) is 17.0 Å². The largest absolute Gasteiger partial charge is 0.495 e. The summed E-state index contributed by atoms with van der Waals surface area (Å²) < 4.78 is 7.97. The third kappa shape index (κ3) is 3.71. The van der Waals surface area contributed by atoms with E-state index in [0.29, 0.717) is 4.77 Å². The number of benzene rings is 2. The van der Waals surface area contributed by atoms with Crippen LogP contribution in [0.25, 0.3) is 5.69 Å². The highest BCUT2D eigenvalue weighted by Gasteiger charge is 2.12. The molecular weight excluding hydrogens is 338 g/mol. The molecule has 0 spiro atoms. The molecule has 0 aliphatic carbocycles. The summed E-state index contributed by atoms with van der Waals surface area (Å²) in [6.07, 6.45) is 0. The van der Waals surface area contributed by atoms with Gasteiger partial charge < -0.3 is 4.74 Å². The molecule has 1 heterocycles. The Bertz CT molecular complexity index is 886. The summed E-state index contributed by atoms with van der Waals surface area (Å²) in [5.41, 5.74) is 3.51. The van der Waals surface area contributed by atoms with E-state index in [1.807, 2.05) is 40.6 Å². The number of aromatic amines is 1. The molecule has 24 heavy (non-hydrogen) atoms. The van der Waals surface area contributed by atoms with E-state index in [1.165, 1.54) is 11.1 Å². The zero-order valence-corrected chi connectivity index (χ0v) is 15.3. The van der Waals surface area contributed by atoms with Crippen molar-refractivity contribution in [2.75, 3.05) is 7.11 Å². The van der Waals surface area contributed by atoms with Crippen LogP contribution >= 0.6 is 24.0 Å². The molecule has 0 aliphatic rings. The third-order valence-electron chi connectivity index (χ3n) is 3.65. The van der Waals surface area contributed by atoms with Crippen molar-refractivity contribution < 1.29 is 4.74 Å². The van der Waals surface area contributed by atoms with E-state index in [1.54, 1.807) is 7.11 Å². The molecule has 1 aromatic heterocycles. The van der Waals surface area contributed by atoms with Gasteiger partial charge in [-0.05, 0) is 36.8 Å². The number of ether oxygens (including phenoxy) is 1. The van der Waals surface area contributed by atoms with Crippen LogP contribution in [-0.2, 0) is 11.5 Å². The maximum absolute atomic E-state index is 5.45. The van der Waals surface area contributed by atoms with Crippen molar-refractivity contribution in [1.82, 2.24) is 14.8 Å². The topological polar surface area (TPSA) is 42.8 Å². The SMILES string of the molecule is COc1ccccc1-n1c(CSCc2cccc(C)c2)n[nH]c1=S. The standard InChI is InChI=1S/C18H19N3OS2/c1-13-6-5-7-14(10-13)11-24-12-17-19-20-18(23)21(17)15-8-3-4-9-16(15)22-2/h3-10H,11-12H2,1-2H3,(H,20,23). The third-order valence-corrected chi connectivity index (χ3v) is 4.92. The molecule has 2 aromatic carbocycles. The lowest BCUT2D eigenvalue weighted by molar-refractivity contribution is 0.412. The van der Waals surface area contributed by atoms with Crippen LogP contribution in [-0.4, -0.2) is 21.9 Å². The van der Waals surface area contributed by atoms with Gasteiger partial charge in [0.25, 0.3) is 0 Å². The summed E-state index contributed by atoms with van der Waals surface area (Å²) in [7, 11) is 1.66. The Hall–Kier alpha value is -2.05. The Labute approximate surface area is 150 Å². The van der Waals surface area contributed by atoms with Gasteiger partial charge in [-0.1, -0.05) is 42.0 Å². The molecule has 0 amide bonds. The van der Waals surface area contributed by atoms with Gasteiger partial charge in [0.1, 0.15) is 11.6 Å². The van der Waals surface area contributed by atoms with Gasteiger partial charge in [-0.15, -0.1) is 11.8 Å². The quantitative estimate of drug-likeness (QED) is 0.651. The predicted molar refractivity (Wildman–Crippen MR) is 101 cm³/mol. The van der Waals surface area contributed by atoms with Crippen molar-refractivity contribution in [3.63, 3.8) is 0 Å². The Morgan fingerprint density at radius 2 is 2.00 bits per heavy atom. The van der Waals surface area contributed by atoms with Crippen LogP contribution in [0.3, 0.4) is 0 Å². The summed E-state index contributed by atoms with van der Waals surface area (Å²) in [6, 6.07) is 16.4. The smallest absolute Gasteiger partial charge is 0.200 e. The number of nitrogens with one attached hydrogen (secondary N) is 1. The first-order valence-electron chi connectivity index (χ1n) is 7.62. The number of para-hydroxylation sites is 2. The fraction of sp³-hybridized carbons (Fsp3) is 0.222. The number of thioether (sulfide) groups is 1. The molecule has 3 rings (SSSR count). The molecule has 0 radical (unpaired) electrons. The average Bonchev–Trinajstić information content (AvgIpc) is 2.95. The predicted octanol–water partition coefficient (Wildman–Crippen LogP) is 4.68. The highest BCUT2D eigenvalue weighted by atomic mass is 32.2. The van der Waals surface area contributed by atoms with E-state index in [0.717, 1.165) is 28.8 Å². The van der Waals surface area contributed by atoms with Crippen LogP contribution in [0.15, 0.2) is 48.5 Å². The van der Waals surface area contributed by atoms with E-state index in [-0.39, 0.29) is 0 Å². The van der Waals surface area contributed by atoms with Gasteiger partial charge >= 0.3 is 0 Å². The van der Waals surface area contributed by atoms with E-state index in [9.17, 15) is 0 Å². The second kappa shape index (κ2) is 7.68. The van der Waals surface area contributed by atoms with Crippen LogP contribution in [0.4, 0.5) is 0 Å². The molecule has 0 saturated carbocycles. The number of aromatic nitrogens is 3. The minimum absolute atomic E-state index is 0.575. The summed E-state index contributed by atoms with van der Waals surface area (Å²) in [5.74, 6) is 3.37. The average molecular weight is 358 g/mol. The molecule has 0 unspecified atom stereocenters. The van der Waals surface area contributed by atoms with Crippen molar-refractivity contribution >= 4 is 24.0 Å². The summed E-state index contributed by atoms with van der Waals surface area (Å²) in [4.78, 5) is 0. The van der Waals surface area contributed by atoms with Crippen molar-refractivity contribution in [2.45, 2.75) is 18.4 Å². The number of rotatable bonds is 6. The maximum atomic E-state index is 5.45. The summed E-state index contributed by atoms with van der Waals surface area (Å²) in [5, 5.41) is 7.28. The summed E-state index contributed by atoms with van der Waals surface area (Å²) in [6.45, 7) is 2.11. The lowest BCUT2D eigenvalue weighted by Crippen LogP contribution is -2.02. The minimum Gasteiger partial charge on any atom is -0.495 e. The number of hydrogen-bond acceptors (Lipinski definition) is 4. The van der Waals surface area contributed by atoms with Gasteiger partial charge in [-0.3, -0.25) is 9.67 Å². The highest BCUT2D eigenvalue weighted by Crippen LogP contribution is 2.25. The Balaban J connectivity index is 1.79. The zero-order valence-electron chi connectivity index (χ0n) is 13.7. The zero-order chi connectivity index (χ0) is 16.9. The molecule has 124 valence electrons. The van der Waals surface area contributed by atoms with Crippen LogP contribution in [0.5, 0.6) is 5.75 Å². The lowest BCUT2D eigenvalue weighted by atomic mass is 10.2. The second-order valence-electron chi connectivity index (χ2n) is 5.43. The van der Waals surface area contributed by atoms with E-state index in [2.05, 4.69) is 41.4 Å². The molecule has 4 nitrogen and oxygen atoms in total. The fourth-order valence-corrected chi connectivity index (χ4v) is 3.69. The van der Waals surface area contributed by atoms with Gasteiger partial charge in [-0.2, -0.15) is 5.10 Å². The molecule has 6 heteroatoms. The van der Waals surface area contributed by atoms with E-state index in [4.69, 9.17) is 17.0 Å². The first kappa shape index (κ1) is 16.8. The Kier molecular flexibility index (Phi) is 5.37. The molecule has 0 saturated heterocycles. The molecule has 0 bridgehead atoms. The lowest BCUT2D eigenvalue weighted by Gasteiger charge is -2.11. The van der Waals surface area contributed by atoms with Gasteiger partial charge in [0.05, 0.1) is 18.6 Å². The van der Waals surface area contributed by atoms with Gasteiger partial charge in [0.15, 0.2) is 4.77 Å². The summed E-state index contributed by atoms with van der Waals surface area (Å²) >= 11 is 7.22. The van der Waals surface area contributed by atoms with Gasteiger partial charge in [0, 0.05) is 5.75 Å². The molecular formula is C18H19N3OS2. The number of methoxy groups -OCH3 is 1. The molecule has 1 N–H and O–H groups in total. The second-order valence-corrected chi connectivity index (χ2v) is 6.81. The minimum atomic E-state index is 0.575. The highest BCUT2D eigenvalue weighted by molar-refractivity contribution is 7.97. The maximum Gasteiger partial charge on any atom is 0.200 e. The van der Waals surface area contributed by atoms with Crippen molar-refractivity contribution in [2.24, 2.45) is 0 Å². The molecule has 0 fully saturated rings. The normalized spacial score (nSPS) is 10.8. The number of nitrogens with zero attached hydrogens (tertiary/aromatic N) is 2. The Morgan fingerprint density at radius 1 is 1.17 bits per heavy atom. The van der Waals surface area contributed by atoms with Crippen LogP contribution in [0.2, 0.25) is 0 Å². The molecule has 0 atom stereocenters. The number of hydrogen-bond donors (Lipinski definition) is 1. The first-order chi connectivity index (χ1) is 11.7. The van der Waals surface area contributed by atoms with Gasteiger partial charge in [0.2, 0.25) is 0 Å². The van der Waals surface area contributed by atoms with Crippen molar-refractivity contribution in [1.29, 1.82) is 0 Å². The van der Waals surface area contributed by atoms with Crippen LogP contribution < -0.4 is 4.74 Å². The Morgan fingerprint density at radius 3 is 2.79 bits per heavy atom. The van der Waals surface area contributed by atoms with E-state index >= 15 is 0 Å². The monoisotopic (exact) mass is 357 g/mol. The number of aryl methyl sites for hydroxylation is 1. The first-order valence-corrected chi connectivity index (χ1v) is 9.18. The van der Waals surface area contributed by atoms with Crippen LogP contribution in [0, 0.1) is 11.7 Å². The van der Waals surface area contributed by atoms with Crippen molar-refractivity contribution in [3.8, 4) is 11.4 Å². The van der Waals surface area contributed by atoms with E-state index < -0.39 is 0 Å². The fourth-order valence-electron chi connectivity index (χ4n) is 2.55. The van der Waals surface area contributed by atoms with Gasteiger partial charge in [-0.25, -0.2) is 0 Å². The molecule has 3 aromatic rings. The van der Waals surface area contributed by atoms with Crippen molar-refractivity contribution in [3.05, 3.63) is 70.3 Å². The number of H-pyrrole nitrogens is 1. The molecule has 0 aliphatic heterocycles.